The van der Waals surface area contributed by atoms with Gasteiger partial charge in [-0.3, -0.25) is 10.1 Å². The Hall–Kier alpha value is -1.73. The van der Waals surface area contributed by atoms with E-state index in [0.717, 1.165) is 12.5 Å². The summed E-state index contributed by atoms with van der Waals surface area (Å²) in [5.41, 5.74) is 0.0104. The van der Waals surface area contributed by atoms with Crippen LogP contribution in [0.3, 0.4) is 0 Å². The van der Waals surface area contributed by atoms with E-state index in [1.807, 2.05) is 6.92 Å². The number of nitro benzene ring substituents is 1. The predicted octanol–water partition coefficient (Wildman–Crippen LogP) is 2.34. The highest BCUT2D eigenvalue weighted by Gasteiger charge is 2.19. The minimum Gasteiger partial charge on any atom is -0.379 e. The highest BCUT2D eigenvalue weighted by Crippen LogP contribution is 2.25. The quantitative estimate of drug-likeness (QED) is 0.641. The summed E-state index contributed by atoms with van der Waals surface area (Å²) in [6.07, 6.45) is 0.950. The third kappa shape index (κ3) is 3.88. The molecule has 2 unspecified atom stereocenters. The topological polar surface area (TPSA) is 73.6 Å². The van der Waals surface area contributed by atoms with Gasteiger partial charge in [0, 0.05) is 12.6 Å². The lowest BCUT2D eigenvalue weighted by Crippen LogP contribution is -2.26. The summed E-state index contributed by atoms with van der Waals surface area (Å²) in [7, 11) is 0. The molecule has 1 aliphatic heterocycles. The number of halogens is 1. The van der Waals surface area contributed by atoms with Crippen molar-refractivity contribution in [1.82, 2.24) is 0 Å². The second kappa shape index (κ2) is 6.62. The zero-order valence-corrected chi connectivity index (χ0v) is 11.2. The van der Waals surface area contributed by atoms with Gasteiger partial charge in [-0.25, -0.2) is 4.39 Å². The maximum absolute atomic E-state index is 13.0. The first kappa shape index (κ1) is 14.7. The summed E-state index contributed by atoms with van der Waals surface area (Å²) in [5, 5.41) is 13.8. The summed E-state index contributed by atoms with van der Waals surface area (Å²) in [5.74, 6) is -0.630. The van der Waals surface area contributed by atoms with Crippen LogP contribution in [0.1, 0.15) is 13.3 Å². The van der Waals surface area contributed by atoms with E-state index < -0.39 is 10.7 Å². The lowest BCUT2D eigenvalue weighted by Gasteiger charge is -2.17. The van der Waals surface area contributed by atoms with Crippen LogP contribution in [0.15, 0.2) is 18.2 Å². The van der Waals surface area contributed by atoms with E-state index in [2.05, 4.69) is 5.32 Å². The SMILES string of the molecule is CC(COC1CCOC1)Nc1ccc(F)cc1[N+](=O)[O-]. The maximum Gasteiger partial charge on any atom is 0.295 e. The molecule has 0 spiro atoms. The predicted molar refractivity (Wildman–Crippen MR) is 71.3 cm³/mol. The van der Waals surface area contributed by atoms with Crippen molar-refractivity contribution in [3.05, 3.63) is 34.1 Å². The van der Waals surface area contributed by atoms with Crippen LogP contribution in [-0.2, 0) is 9.47 Å². The molecule has 0 radical (unpaired) electrons. The van der Waals surface area contributed by atoms with Crippen LogP contribution in [0.25, 0.3) is 0 Å². The fourth-order valence-electron chi connectivity index (χ4n) is 2.01. The van der Waals surface area contributed by atoms with E-state index in [0.29, 0.717) is 19.8 Å². The molecule has 110 valence electrons. The molecular weight excluding hydrogens is 267 g/mol. The smallest absolute Gasteiger partial charge is 0.295 e. The van der Waals surface area contributed by atoms with Crippen molar-refractivity contribution in [2.45, 2.75) is 25.5 Å². The van der Waals surface area contributed by atoms with E-state index in [-0.39, 0.29) is 23.5 Å². The monoisotopic (exact) mass is 284 g/mol. The summed E-state index contributed by atoms with van der Waals surface area (Å²) < 4.78 is 23.9. The number of rotatable bonds is 6. The van der Waals surface area contributed by atoms with Crippen molar-refractivity contribution in [2.24, 2.45) is 0 Å². The van der Waals surface area contributed by atoms with Gasteiger partial charge >= 0.3 is 0 Å². The number of benzene rings is 1. The molecule has 0 saturated carbocycles. The van der Waals surface area contributed by atoms with Crippen LogP contribution in [0.2, 0.25) is 0 Å². The van der Waals surface area contributed by atoms with Crippen LogP contribution in [-0.4, -0.2) is 36.9 Å². The highest BCUT2D eigenvalue weighted by atomic mass is 19.1. The van der Waals surface area contributed by atoms with Crippen LogP contribution in [0, 0.1) is 15.9 Å². The van der Waals surface area contributed by atoms with Crippen molar-refractivity contribution in [3.63, 3.8) is 0 Å². The Morgan fingerprint density at radius 2 is 2.45 bits per heavy atom. The minimum absolute atomic E-state index is 0.0856. The van der Waals surface area contributed by atoms with Gasteiger partial charge in [0.25, 0.3) is 5.69 Å². The van der Waals surface area contributed by atoms with Gasteiger partial charge in [-0.1, -0.05) is 0 Å². The Kier molecular flexibility index (Phi) is 4.86. The van der Waals surface area contributed by atoms with Crippen molar-refractivity contribution < 1.29 is 18.8 Å². The summed E-state index contributed by atoms with van der Waals surface area (Å²) in [4.78, 5) is 10.3. The number of anilines is 1. The summed E-state index contributed by atoms with van der Waals surface area (Å²) >= 11 is 0. The Balaban J connectivity index is 1.92. The number of ether oxygens (including phenoxy) is 2. The third-order valence-corrected chi connectivity index (χ3v) is 3.03. The van der Waals surface area contributed by atoms with E-state index in [1.54, 1.807) is 0 Å². The Morgan fingerprint density at radius 3 is 3.10 bits per heavy atom. The first-order chi connectivity index (χ1) is 9.56. The summed E-state index contributed by atoms with van der Waals surface area (Å²) in [6.45, 7) is 3.55. The van der Waals surface area contributed by atoms with Crippen molar-refractivity contribution in [2.75, 3.05) is 25.1 Å². The average Bonchev–Trinajstić information content (AvgIpc) is 2.91. The molecule has 20 heavy (non-hydrogen) atoms. The maximum atomic E-state index is 13.0. The Morgan fingerprint density at radius 1 is 1.65 bits per heavy atom. The first-order valence-electron chi connectivity index (χ1n) is 6.46. The van der Waals surface area contributed by atoms with Gasteiger partial charge in [0.2, 0.25) is 0 Å². The van der Waals surface area contributed by atoms with Gasteiger partial charge in [-0.05, 0) is 25.5 Å². The van der Waals surface area contributed by atoms with Gasteiger partial charge in [-0.15, -0.1) is 0 Å². The van der Waals surface area contributed by atoms with Crippen molar-refractivity contribution in [3.8, 4) is 0 Å². The van der Waals surface area contributed by atoms with Crippen LogP contribution in [0.4, 0.5) is 15.8 Å². The number of nitrogens with zero attached hydrogens (tertiary/aromatic N) is 1. The summed E-state index contributed by atoms with van der Waals surface area (Å²) in [6, 6.07) is 3.33. The number of hydrogen-bond donors (Lipinski definition) is 1. The molecule has 1 saturated heterocycles. The third-order valence-electron chi connectivity index (χ3n) is 3.03. The standard InChI is InChI=1S/C13H17FN2O4/c1-9(7-20-11-4-5-19-8-11)15-12-3-2-10(14)6-13(12)16(17)18/h2-3,6,9,11,15H,4-5,7-8H2,1H3. The molecule has 1 fully saturated rings. The molecule has 0 bridgehead atoms. The molecule has 1 aromatic rings. The number of hydrogen-bond acceptors (Lipinski definition) is 5. The Labute approximate surface area is 116 Å². The zero-order chi connectivity index (χ0) is 14.5. The molecule has 1 N–H and O–H groups in total. The number of nitrogens with one attached hydrogen (secondary N) is 1. The fraction of sp³-hybridized carbons (Fsp3) is 0.538. The van der Waals surface area contributed by atoms with Crippen LogP contribution >= 0.6 is 0 Å². The van der Waals surface area contributed by atoms with Crippen LogP contribution < -0.4 is 5.32 Å². The normalized spacial score (nSPS) is 19.8. The highest BCUT2D eigenvalue weighted by molar-refractivity contribution is 5.61. The molecule has 1 heterocycles. The van der Waals surface area contributed by atoms with Gasteiger partial charge in [0.15, 0.2) is 0 Å². The lowest BCUT2D eigenvalue weighted by molar-refractivity contribution is -0.384. The molecule has 2 rings (SSSR count). The van der Waals surface area contributed by atoms with Gasteiger partial charge in [0.1, 0.15) is 11.5 Å². The molecular formula is C13H17FN2O4. The average molecular weight is 284 g/mol. The minimum atomic E-state index is -0.630. The molecule has 0 amide bonds. The van der Waals surface area contributed by atoms with Crippen LogP contribution in [0.5, 0.6) is 0 Å². The lowest BCUT2D eigenvalue weighted by atomic mass is 10.2. The van der Waals surface area contributed by atoms with E-state index in [1.165, 1.54) is 12.1 Å². The Bertz CT molecular complexity index is 477. The molecule has 1 aliphatic rings. The zero-order valence-electron chi connectivity index (χ0n) is 11.2. The molecule has 6 nitrogen and oxygen atoms in total. The van der Waals surface area contributed by atoms with Gasteiger partial charge < -0.3 is 14.8 Å². The first-order valence-corrected chi connectivity index (χ1v) is 6.46. The fourth-order valence-corrected chi connectivity index (χ4v) is 2.01. The van der Waals surface area contributed by atoms with E-state index >= 15 is 0 Å². The molecule has 7 heteroatoms. The molecule has 2 atom stereocenters. The molecule has 0 aliphatic carbocycles. The van der Waals surface area contributed by atoms with E-state index in [4.69, 9.17) is 9.47 Å². The molecule has 1 aromatic carbocycles. The van der Waals surface area contributed by atoms with Gasteiger partial charge in [0.05, 0.1) is 30.3 Å². The second-order valence-electron chi connectivity index (χ2n) is 4.78. The molecule has 0 aromatic heterocycles. The second-order valence-corrected chi connectivity index (χ2v) is 4.78. The van der Waals surface area contributed by atoms with E-state index in [9.17, 15) is 14.5 Å². The number of nitro groups is 1. The van der Waals surface area contributed by atoms with Gasteiger partial charge in [-0.2, -0.15) is 0 Å². The van der Waals surface area contributed by atoms with Crippen molar-refractivity contribution in [1.29, 1.82) is 0 Å². The van der Waals surface area contributed by atoms with Crippen molar-refractivity contribution >= 4 is 11.4 Å². The largest absolute Gasteiger partial charge is 0.379 e.